The normalized spacial score (nSPS) is 17.9. The Morgan fingerprint density at radius 3 is 2.78 bits per heavy atom. The molecule has 0 spiro atoms. The van der Waals surface area contributed by atoms with Crippen molar-refractivity contribution < 1.29 is 4.79 Å². The molecular formula is C12H8BrClN2OS. The molecule has 0 saturated carbocycles. The highest BCUT2D eigenvalue weighted by Gasteiger charge is 2.25. The lowest BCUT2D eigenvalue weighted by Gasteiger charge is -2.27. The van der Waals surface area contributed by atoms with Crippen LogP contribution in [0.25, 0.3) is 0 Å². The quantitative estimate of drug-likeness (QED) is 0.821. The number of anilines is 1. The number of carbonyl (C=O) groups excluding carboxylic acids is 1. The Kier molecular flexibility index (Phi) is 3.05. The van der Waals surface area contributed by atoms with E-state index < -0.39 is 0 Å². The monoisotopic (exact) mass is 342 g/mol. The largest absolute Gasteiger partial charge is 0.360 e. The summed E-state index contributed by atoms with van der Waals surface area (Å²) in [4.78, 5) is 13.1. The number of benzene rings is 1. The zero-order chi connectivity index (χ0) is 12.7. The van der Waals surface area contributed by atoms with Gasteiger partial charge in [-0.25, -0.2) is 0 Å². The lowest BCUT2D eigenvalue weighted by atomic mass is 10.1. The third-order valence-electron chi connectivity index (χ3n) is 2.68. The molecule has 3 rings (SSSR count). The van der Waals surface area contributed by atoms with Gasteiger partial charge in [-0.3, -0.25) is 4.79 Å². The van der Waals surface area contributed by atoms with Gasteiger partial charge in [0.25, 0.3) is 5.91 Å². The summed E-state index contributed by atoms with van der Waals surface area (Å²) in [5.74, 6) is -0.110. The average molecular weight is 344 g/mol. The van der Waals surface area contributed by atoms with Gasteiger partial charge in [0.2, 0.25) is 0 Å². The second kappa shape index (κ2) is 4.57. The van der Waals surface area contributed by atoms with Gasteiger partial charge in [0.1, 0.15) is 6.17 Å². The van der Waals surface area contributed by atoms with Crippen molar-refractivity contribution in [3.63, 3.8) is 0 Å². The van der Waals surface area contributed by atoms with Crippen LogP contribution in [0, 0.1) is 0 Å². The van der Waals surface area contributed by atoms with Gasteiger partial charge in [0.05, 0.1) is 9.35 Å². The molecular weight excluding hydrogens is 336 g/mol. The number of halogens is 2. The van der Waals surface area contributed by atoms with Crippen LogP contribution in [0.4, 0.5) is 5.69 Å². The summed E-state index contributed by atoms with van der Waals surface area (Å²) in [5.41, 5.74) is 1.38. The predicted molar refractivity (Wildman–Crippen MR) is 77.3 cm³/mol. The van der Waals surface area contributed by atoms with E-state index in [1.807, 2.05) is 18.2 Å². The Bertz CT molecular complexity index is 628. The van der Waals surface area contributed by atoms with E-state index in [1.165, 1.54) is 0 Å². The number of thiophene rings is 1. The van der Waals surface area contributed by atoms with Crippen molar-refractivity contribution in [2.45, 2.75) is 6.17 Å². The van der Waals surface area contributed by atoms with E-state index in [0.29, 0.717) is 10.6 Å². The van der Waals surface area contributed by atoms with Crippen molar-refractivity contribution in [3.8, 4) is 0 Å². The molecule has 0 fully saturated rings. The van der Waals surface area contributed by atoms with Crippen LogP contribution in [-0.2, 0) is 0 Å². The molecule has 0 saturated heterocycles. The van der Waals surface area contributed by atoms with Gasteiger partial charge in [-0.15, -0.1) is 11.3 Å². The lowest BCUT2D eigenvalue weighted by Crippen LogP contribution is -2.37. The van der Waals surface area contributed by atoms with Gasteiger partial charge in [-0.2, -0.15) is 0 Å². The van der Waals surface area contributed by atoms with Crippen LogP contribution in [-0.4, -0.2) is 5.91 Å². The highest BCUT2D eigenvalue weighted by molar-refractivity contribution is 9.11. The molecule has 3 nitrogen and oxygen atoms in total. The number of hydrogen-bond acceptors (Lipinski definition) is 3. The molecule has 1 amide bonds. The molecule has 2 N–H and O–H groups in total. The van der Waals surface area contributed by atoms with Crippen LogP contribution in [0.3, 0.4) is 0 Å². The maximum Gasteiger partial charge on any atom is 0.255 e. The Labute approximate surface area is 121 Å². The molecule has 1 aliphatic heterocycles. The Morgan fingerprint density at radius 1 is 1.22 bits per heavy atom. The van der Waals surface area contributed by atoms with Crippen molar-refractivity contribution in [3.05, 3.63) is 49.6 Å². The number of nitrogens with one attached hydrogen (secondary N) is 2. The first-order valence-electron chi connectivity index (χ1n) is 5.26. The summed E-state index contributed by atoms with van der Waals surface area (Å²) in [5, 5.41) is 6.75. The minimum absolute atomic E-state index is 0.110. The zero-order valence-electron chi connectivity index (χ0n) is 9.04. The molecule has 1 aromatic heterocycles. The minimum Gasteiger partial charge on any atom is -0.360 e. The van der Waals surface area contributed by atoms with E-state index in [2.05, 4.69) is 26.6 Å². The standard InChI is InChI=1S/C12H8BrClN2OS/c13-10-4-3-9(18-10)11-15-8-2-1-6(14)5-7(8)12(17)16-11/h1-5,11,15H,(H,16,17). The first-order valence-corrected chi connectivity index (χ1v) is 7.24. The predicted octanol–water partition coefficient (Wildman–Crippen LogP) is 4.02. The van der Waals surface area contributed by atoms with E-state index >= 15 is 0 Å². The van der Waals surface area contributed by atoms with Crippen molar-refractivity contribution in [2.24, 2.45) is 0 Å². The van der Waals surface area contributed by atoms with Crippen molar-refractivity contribution in [1.29, 1.82) is 0 Å². The molecule has 0 bridgehead atoms. The van der Waals surface area contributed by atoms with E-state index in [0.717, 1.165) is 14.4 Å². The van der Waals surface area contributed by atoms with Gasteiger partial charge in [-0.05, 0) is 46.3 Å². The first kappa shape index (κ1) is 12.0. The lowest BCUT2D eigenvalue weighted by molar-refractivity contribution is 0.0936. The van der Waals surface area contributed by atoms with E-state index in [9.17, 15) is 4.79 Å². The Balaban J connectivity index is 1.96. The van der Waals surface area contributed by atoms with E-state index in [4.69, 9.17) is 11.6 Å². The number of fused-ring (bicyclic) bond motifs is 1. The molecule has 18 heavy (non-hydrogen) atoms. The molecule has 1 unspecified atom stereocenters. The number of hydrogen-bond donors (Lipinski definition) is 2. The van der Waals surface area contributed by atoms with E-state index in [-0.39, 0.29) is 12.1 Å². The highest BCUT2D eigenvalue weighted by Crippen LogP contribution is 2.32. The number of amides is 1. The summed E-state index contributed by atoms with van der Waals surface area (Å²) in [7, 11) is 0. The van der Waals surface area contributed by atoms with Crippen LogP contribution in [0.15, 0.2) is 34.1 Å². The second-order valence-corrected chi connectivity index (χ2v) is 6.81. The molecule has 1 atom stereocenters. The molecule has 1 aromatic carbocycles. The van der Waals surface area contributed by atoms with Crippen LogP contribution < -0.4 is 10.6 Å². The summed E-state index contributed by atoms with van der Waals surface area (Å²) in [6, 6.07) is 9.21. The fourth-order valence-corrected chi connectivity index (χ4v) is 3.45. The van der Waals surface area contributed by atoms with Crippen molar-refractivity contribution in [2.75, 3.05) is 5.32 Å². The minimum atomic E-state index is -0.192. The van der Waals surface area contributed by atoms with Crippen molar-refractivity contribution >= 4 is 50.5 Å². The first-order chi connectivity index (χ1) is 8.63. The zero-order valence-corrected chi connectivity index (χ0v) is 12.2. The molecule has 6 heteroatoms. The SMILES string of the molecule is O=C1NC(c2ccc(Br)s2)Nc2ccc(Cl)cc21. The highest BCUT2D eigenvalue weighted by atomic mass is 79.9. The summed E-state index contributed by atoms with van der Waals surface area (Å²) in [6.45, 7) is 0. The number of carbonyl (C=O) groups is 1. The van der Waals surface area contributed by atoms with E-state index in [1.54, 1.807) is 23.5 Å². The third-order valence-corrected chi connectivity index (χ3v) is 4.60. The average Bonchev–Trinajstić information content (AvgIpc) is 2.77. The maximum atomic E-state index is 12.0. The fourth-order valence-electron chi connectivity index (χ4n) is 1.86. The molecule has 0 radical (unpaired) electrons. The molecule has 92 valence electrons. The summed E-state index contributed by atoms with van der Waals surface area (Å²) >= 11 is 10.9. The van der Waals surface area contributed by atoms with Gasteiger partial charge in [0.15, 0.2) is 0 Å². The molecule has 2 heterocycles. The fraction of sp³-hybridized carbons (Fsp3) is 0.0833. The molecule has 2 aromatic rings. The van der Waals surface area contributed by atoms with Gasteiger partial charge < -0.3 is 10.6 Å². The summed E-state index contributed by atoms with van der Waals surface area (Å²) < 4.78 is 1.04. The summed E-state index contributed by atoms with van der Waals surface area (Å²) in [6.07, 6.45) is -0.192. The van der Waals surface area contributed by atoms with Crippen LogP contribution in [0.1, 0.15) is 21.4 Å². The Hall–Kier alpha value is -1.04. The van der Waals surface area contributed by atoms with Crippen molar-refractivity contribution in [1.82, 2.24) is 5.32 Å². The van der Waals surface area contributed by atoms with Crippen LogP contribution in [0.2, 0.25) is 5.02 Å². The van der Waals surface area contributed by atoms with Crippen LogP contribution >= 0.6 is 38.9 Å². The van der Waals surface area contributed by atoms with Gasteiger partial charge in [-0.1, -0.05) is 11.6 Å². The van der Waals surface area contributed by atoms with Crippen LogP contribution in [0.5, 0.6) is 0 Å². The third kappa shape index (κ3) is 2.13. The molecule has 1 aliphatic rings. The maximum absolute atomic E-state index is 12.0. The smallest absolute Gasteiger partial charge is 0.255 e. The molecule has 0 aliphatic carbocycles. The second-order valence-electron chi connectivity index (χ2n) is 3.88. The Morgan fingerprint density at radius 2 is 2.06 bits per heavy atom. The van der Waals surface area contributed by atoms with Gasteiger partial charge in [0, 0.05) is 15.6 Å². The number of rotatable bonds is 1. The topological polar surface area (TPSA) is 41.1 Å². The van der Waals surface area contributed by atoms with Gasteiger partial charge >= 0.3 is 0 Å².